The molecule has 1 aromatic carbocycles. The number of hydrogen-bond acceptors (Lipinski definition) is 5. The number of imidazole rings is 1. The SMILES string of the molecule is O=C(c1cccc2ncnn12)N1C[C@H]2C[C@@H](n3cnc4ccccc43)[C@H](O)C[C@H]2C1. The maximum Gasteiger partial charge on any atom is 0.272 e. The number of carbonyl (C=O) groups is 1. The van der Waals surface area contributed by atoms with Crippen LogP contribution in [0.1, 0.15) is 29.4 Å². The Hall–Kier alpha value is -3.26. The van der Waals surface area contributed by atoms with Gasteiger partial charge in [-0.15, -0.1) is 0 Å². The summed E-state index contributed by atoms with van der Waals surface area (Å²) in [6, 6.07) is 13.5. The molecular formula is C22H22N6O2. The van der Waals surface area contributed by atoms with E-state index < -0.39 is 6.10 Å². The molecule has 0 radical (unpaired) electrons. The predicted octanol–water partition coefficient (Wildman–Crippen LogP) is 2.16. The Balaban J connectivity index is 1.26. The maximum absolute atomic E-state index is 13.2. The molecule has 1 N–H and O–H groups in total. The molecule has 3 aromatic heterocycles. The minimum absolute atomic E-state index is 0.0209. The normalized spacial score (nSPS) is 26.4. The van der Waals surface area contributed by atoms with Crippen molar-refractivity contribution in [2.45, 2.75) is 25.0 Å². The van der Waals surface area contributed by atoms with E-state index in [-0.39, 0.29) is 11.9 Å². The summed E-state index contributed by atoms with van der Waals surface area (Å²) in [6.45, 7) is 1.37. The van der Waals surface area contributed by atoms with Crippen LogP contribution in [0.4, 0.5) is 0 Å². The third-order valence-corrected chi connectivity index (χ3v) is 6.76. The van der Waals surface area contributed by atoms with Gasteiger partial charge in [-0.1, -0.05) is 18.2 Å². The molecule has 1 aliphatic carbocycles. The molecule has 152 valence electrons. The Bertz CT molecular complexity index is 1250. The molecule has 2 aliphatic rings. The molecular weight excluding hydrogens is 380 g/mol. The quantitative estimate of drug-likeness (QED) is 0.555. The highest BCUT2D eigenvalue weighted by atomic mass is 16.3. The lowest BCUT2D eigenvalue weighted by molar-refractivity contribution is 0.0374. The van der Waals surface area contributed by atoms with Crippen LogP contribution in [0.5, 0.6) is 0 Å². The molecule has 0 unspecified atom stereocenters. The summed E-state index contributed by atoms with van der Waals surface area (Å²) in [6.07, 6.45) is 4.38. The summed E-state index contributed by atoms with van der Waals surface area (Å²) in [5.41, 5.74) is 3.18. The first kappa shape index (κ1) is 17.6. The first-order valence-electron chi connectivity index (χ1n) is 10.4. The smallest absolute Gasteiger partial charge is 0.272 e. The Morgan fingerprint density at radius 1 is 1.00 bits per heavy atom. The van der Waals surface area contributed by atoms with Crippen molar-refractivity contribution in [3.63, 3.8) is 0 Å². The number of carbonyl (C=O) groups excluding carboxylic acids is 1. The molecule has 8 nitrogen and oxygen atoms in total. The summed E-state index contributed by atoms with van der Waals surface area (Å²) in [5, 5.41) is 15.1. The van der Waals surface area contributed by atoms with Crippen LogP contribution in [0.25, 0.3) is 16.7 Å². The van der Waals surface area contributed by atoms with Crippen molar-refractivity contribution < 1.29 is 9.90 Å². The van der Waals surface area contributed by atoms with E-state index in [1.807, 2.05) is 47.6 Å². The van der Waals surface area contributed by atoms with Gasteiger partial charge in [0.05, 0.1) is 29.5 Å². The Morgan fingerprint density at radius 3 is 2.73 bits per heavy atom. The van der Waals surface area contributed by atoms with Crippen LogP contribution < -0.4 is 0 Å². The minimum Gasteiger partial charge on any atom is -0.391 e. The third kappa shape index (κ3) is 2.64. The van der Waals surface area contributed by atoms with E-state index >= 15 is 0 Å². The Morgan fingerprint density at radius 2 is 1.83 bits per heavy atom. The number of aliphatic hydroxyl groups is 1. The molecule has 1 amide bonds. The monoisotopic (exact) mass is 402 g/mol. The van der Waals surface area contributed by atoms with Crippen molar-refractivity contribution in [3.05, 3.63) is 60.8 Å². The number of pyridine rings is 1. The fourth-order valence-electron chi connectivity index (χ4n) is 5.28. The summed E-state index contributed by atoms with van der Waals surface area (Å²) in [7, 11) is 0. The van der Waals surface area contributed by atoms with E-state index in [2.05, 4.69) is 19.6 Å². The highest BCUT2D eigenvalue weighted by Gasteiger charge is 2.44. The van der Waals surface area contributed by atoms with Crippen LogP contribution in [0.15, 0.2) is 55.1 Å². The Kier molecular flexibility index (Phi) is 3.89. The highest BCUT2D eigenvalue weighted by Crippen LogP contribution is 2.42. The zero-order chi connectivity index (χ0) is 20.2. The number of aliphatic hydroxyl groups excluding tert-OH is 1. The lowest BCUT2D eigenvalue weighted by Gasteiger charge is -2.36. The first-order chi connectivity index (χ1) is 14.7. The summed E-state index contributed by atoms with van der Waals surface area (Å²) >= 11 is 0. The molecule has 1 aliphatic heterocycles. The van der Waals surface area contributed by atoms with E-state index in [1.165, 1.54) is 6.33 Å². The number of rotatable bonds is 2. The van der Waals surface area contributed by atoms with Gasteiger partial charge in [0, 0.05) is 13.1 Å². The summed E-state index contributed by atoms with van der Waals surface area (Å²) in [4.78, 5) is 23.8. The number of aromatic nitrogens is 5. The molecule has 8 heteroatoms. The van der Waals surface area contributed by atoms with Crippen molar-refractivity contribution in [1.29, 1.82) is 0 Å². The van der Waals surface area contributed by atoms with Crippen LogP contribution in [-0.2, 0) is 0 Å². The van der Waals surface area contributed by atoms with Gasteiger partial charge in [0.25, 0.3) is 5.91 Å². The van der Waals surface area contributed by atoms with Gasteiger partial charge in [0.15, 0.2) is 5.65 Å². The van der Waals surface area contributed by atoms with Gasteiger partial charge >= 0.3 is 0 Å². The van der Waals surface area contributed by atoms with E-state index in [1.54, 1.807) is 10.6 Å². The van der Waals surface area contributed by atoms with Crippen molar-refractivity contribution in [3.8, 4) is 0 Å². The fraction of sp³-hybridized carbons (Fsp3) is 0.364. The number of amides is 1. The van der Waals surface area contributed by atoms with Crippen molar-refractivity contribution in [2.24, 2.45) is 11.8 Å². The molecule has 1 saturated heterocycles. The number of benzene rings is 1. The number of fused-ring (bicyclic) bond motifs is 3. The second-order valence-corrected chi connectivity index (χ2v) is 8.42. The van der Waals surface area contributed by atoms with Gasteiger partial charge in [0.2, 0.25) is 0 Å². The van der Waals surface area contributed by atoms with Crippen LogP contribution in [-0.4, -0.2) is 59.3 Å². The van der Waals surface area contributed by atoms with Crippen molar-refractivity contribution in [2.75, 3.05) is 13.1 Å². The molecule has 6 rings (SSSR count). The van der Waals surface area contributed by atoms with Crippen molar-refractivity contribution in [1.82, 2.24) is 29.0 Å². The molecule has 0 bridgehead atoms. The van der Waals surface area contributed by atoms with Crippen LogP contribution in [0, 0.1) is 11.8 Å². The van der Waals surface area contributed by atoms with Crippen LogP contribution in [0.3, 0.4) is 0 Å². The number of para-hydroxylation sites is 2. The van der Waals surface area contributed by atoms with E-state index in [4.69, 9.17) is 0 Å². The van der Waals surface area contributed by atoms with E-state index in [9.17, 15) is 9.90 Å². The zero-order valence-electron chi connectivity index (χ0n) is 16.4. The summed E-state index contributed by atoms with van der Waals surface area (Å²) in [5.74, 6) is 0.642. The molecule has 2 fully saturated rings. The predicted molar refractivity (Wildman–Crippen MR) is 110 cm³/mol. The van der Waals surface area contributed by atoms with Gasteiger partial charge in [-0.25, -0.2) is 14.5 Å². The van der Waals surface area contributed by atoms with Gasteiger partial charge in [-0.2, -0.15) is 5.10 Å². The molecule has 4 aromatic rings. The van der Waals surface area contributed by atoms with Crippen molar-refractivity contribution >= 4 is 22.6 Å². The molecule has 30 heavy (non-hydrogen) atoms. The van der Waals surface area contributed by atoms with Gasteiger partial charge in [-0.05, 0) is 48.9 Å². The highest BCUT2D eigenvalue weighted by molar-refractivity contribution is 5.93. The standard InChI is InChI=1S/C22H22N6O2/c29-20-9-15-11-26(22(30)18-6-3-7-21-23-12-25-28(18)21)10-14(15)8-19(20)27-13-24-16-4-1-2-5-17(16)27/h1-7,12-15,19-20,29H,8-11H2/t14-,15+,19-,20-/m1/s1. The third-order valence-electron chi connectivity index (χ3n) is 6.76. The molecule has 1 saturated carbocycles. The average molecular weight is 402 g/mol. The molecule has 0 spiro atoms. The van der Waals surface area contributed by atoms with Gasteiger partial charge in [-0.3, -0.25) is 4.79 Å². The fourth-order valence-corrected chi connectivity index (χ4v) is 5.28. The summed E-state index contributed by atoms with van der Waals surface area (Å²) < 4.78 is 3.70. The van der Waals surface area contributed by atoms with E-state index in [0.29, 0.717) is 42.7 Å². The second kappa shape index (κ2) is 6.63. The van der Waals surface area contributed by atoms with Gasteiger partial charge < -0.3 is 14.6 Å². The maximum atomic E-state index is 13.2. The lowest BCUT2D eigenvalue weighted by Crippen LogP contribution is -2.36. The van der Waals surface area contributed by atoms with E-state index in [0.717, 1.165) is 17.5 Å². The Labute approximate surface area is 172 Å². The second-order valence-electron chi connectivity index (χ2n) is 8.42. The number of likely N-dealkylation sites (tertiary alicyclic amines) is 1. The zero-order valence-corrected chi connectivity index (χ0v) is 16.4. The molecule has 4 heterocycles. The van der Waals surface area contributed by atoms with Gasteiger partial charge in [0.1, 0.15) is 12.0 Å². The van der Waals surface area contributed by atoms with Crippen LogP contribution in [0.2, 0.25) is 0 Å². The number of nitrogens with zero attached hydrogens (tertiary/aromatic N) is 6. The lowest BCUT2D eigenvalue weighted by atomic mass is 9.77. The average Bonchev–Trinajstić information content (AvgIpc) is 3.49. The van der Waals surface area contributed by atoms with Crippen LogP contribution >= 0.6 is 0 Å². The minimum atomic E-state index is -0.447. The number of hydrogen-bond donors (Lipinski definition) is 1. The largest absolute Gasteiger partial charge is 0.391 e. The first-order valence-corrected chi connectivity index (χ1v) is 10.4. The topological polar surface area (TPSA) is 88.6 Å². The molecule has 4 atom stereocenters.